The van der Waals surface area contributed by atoms with Crippen LogP contribution in [0.3, 0.4) is 0 Å². The Balaban J connectivity index is 1.68. The number of thioether (sulfide) groups is 1. The molecule has 0 bridgehead atoms. The number of hydrogen-bond acceptors (Lipinski definition) is 9. The molecule has 0 spiro atoms. The van der Waals surface area contributed by atoms with Crippen molar-refractivity contribution in [1.82, 2.24) is 14.8 Å². The number of amides is 1. The highest BCUT2D eigenvalue weighted by Crippen LogP contribution is 2.32. The molecule has 1 unspecified atom stereocenters. The van der Waals surface area contributed by atoms with E-state index in [0.29, 0.717) is 34.8 Å². The van der Waals surface area contributed by atoms with Crippen molar-refractivity contribution in [2.75, 3.05) is 25.3 Å². The number of nitrogens with one attached hydrogen (secondary N) is 1. The highest BCUT2D eigenvalue weighted by atomic mass is 32.2. The summed E-state index contributed by atoms with van der Waals surface area (Å²) in [4.78, 5) is 23.0. The van der Waals surface area contributed by atoms with Crippen molar-refractivity contribution in [2.24, 2.45) is 0 Å². The molecule has 1 N–H and O–H groups in total. The van der Waals surface area contributed by atoms with Crippen LogP contribution in [-0.2, 0) is 11.3 Å². The Labute approximate surface area is 200 Å². The van der Waals surface area contributed by atoms with Crippen molar-refractivity contribution in [1.29, 1.82) is 0 Å². The number of carbonyl (C=O) groups excluding carboxylic acids is 1. The molecular weight excluding hydrogens is 462 g/mol. The Morgan fingerprint density at radius 2 is 1.85 bits per heavy atom. The van der Waals surface area contributed by atoms with Gasteiger partial charge in [0.05, 0.1) is 30.6 Å². The molecule has 1 atom stereocenters. The fourth-order valence-corrected chi connectivity index (χ4v) is 4.00. The van der Waals surface area contributed by atoms with Gasteiger partial charge in [-0.1, -0.05) is 23.9 Å². The third-order valence-electron chi connectivity index (χ3n) is 4.80. The van der Waals surface area contributed by atoms with Gasteiger partial charge in [-0.2, -0.15) is 0 Å². The van der Waals surface area contributed by atoms with Crippen LogP contribution in [0.2, 0.25) is 0 Å². The third-order valence-corrected chi connectivity index (χ3v) is 5.77. The predicted molar refractivity (Wildman–Crippen MR) is 127 cm³/mol. The number of anilines is 1. The lowest BCUT2D eigenvalue weighted by Gasteiger charge is -2.17. The van der Waals surface area contributed by atoms with Crippen LogP contribution in [0.25, 0.3) is 0 Å². The number of para-hydroxylation sites is 2. The summed E-state index contributed by atoms with van der Waals surface area (Å²) in [5.41, 5.74) is 0.0712. The Morgan fingerprint density at radius 1 is 1.15 bits per heavy atom. The SMILES string of the molecule is CCn1c(SCC(=O)Nc2cc([N+](=O)[O-])ccc2OC)nnc1C(C)Oc1ccccc1OC. The van der Waals surface area contributed by atoms with Gasteiger partial charge in [-0.25, -0.2) is 0 Å². The predicted octanol–water partition coefficient (Wildman–Crippen LogP) is 4.09. The van der Waals surface area contributed by atoms with Gasteiger partial charge in [-0.3, -0.25) is 14.9 Å². The zero-order chi connectivity index (χ0) is 24.7. The lowest BCUT2D eigenvalue weighted by Crippen LogP contribution is -2.16. The van der Waals surface area contributed by atoms with Crippen LogP contribution in [0, 0.1) is 10.1 Å². The summed E-state index contributed by atoms with van der Waals surface area (Å²) in [5, 5.41) is 22.7. The largest absolute Gasteiger partial charge is 0.495 e. The second kappa shape index (κ2) is 11.4. The molecule has 0 aliphatic heterocycles. The van der Waals surface area contributed by atoms with Crippen molar-refractivity contribution in [2.45, 2.75) is 31.7 Å². The van der Waals surface area contributed by atoms with Crippen LogP contribution in [0.15, 0.2) is 47.6 Å². The minimum Gasteiger partial charge on any atom is -0.495 e. The summed E-state index contributed by atoms with van der Waals surface area (Å²) in [6, 6.07) is 11.3. The number of benzene rings is 2. The molecule has 0 aliphatic rings. The lowest BCUT2D eigenvalue weighted by molar-refractivity contribution is -0.384. The molecule has 3 rings (SSSR count). The first-order valence-electron chi connectivity index (χ1n) is 10.4. The average molecular weight is 488 g/mol. The summed E-state index contributed by atoms with van der Waals surface area (Å²) < 4.78 is 18.4. The van der Waals surface area contributed by atoms with Crippen LogP contribution in [0.5, 0.6) is 17.2 Å². The Bertz CT molecular complexity index is 1170. The van der Waals surface area contributed by atoms with E-state index in [2.05, 4.69) is 15.5 Å². The van der Waals surface area contributed by atoms with Gasteiger partial charge in [-0.05, 0) is 32.0 Å². The van der Waals surface area contributed by atoms with Crippen LogP contribution < -0.4 is 19.5 Å². The van der Waals surface area contributed by atoms with Gasteiger partial charge in [0.25, 0.3) is 5.69 Å². The first-order chi connectivity index (χ1) is 16.4. The molecule has 0 saturated carbocycles. The number of nitro benzene ring substituents is 1. The van der Waals surface area contributed by atoms with Crippen LogP contribution in [0.4, 0.5) is 11.4 Å². The summed E-state index contributed by atoms with van der Waals surface area (Å²) in [6.45, 7) is 4.38. The molecule has 0 saturated heterocycles. The molecule has 12 heteroatoms. The van der Waals surface area contributed by atoms with Crippen molar-refractivity contribution < 1.29 is 23.9 Å². The molecule has 0 radical (unpaired) electrons. The first-order valence-corrected chi connectivity index (χ1v) is 11.3. The molecule has 180 valence electrons. The number of aromatic nitrogens is 3. The normalized spacial score (nSPS) is 11.5. The van der Waals surface area contributed by atoms with Gasteiger partial charge in [0, 0.05) is 18.7 Å². The van der Waals surface area contributed by atoms with Gasteiger partial charge in [0.1, 0.15) is 5.75 Å². The number of methoxy groups -OCH3 is 2. The standard InChI is InChI=1S/C22H25N5O6S/c1-5-26-21(14(2)33-19-9-7-6-8-18(19)32-4)24-25-22(26)34-13-20(28)23-16-12-15(27(29)30)10-11-17(16)31-3/h6-12,14H,5,13H2,1-4H3,(H,23,28). The highest BCUT2D eigenvalue weighted by Gasteiger charge is 2.21. The van der Waals surface area contributed by atoms with E-state index >= 15 is 0 Å². The van der Waals surface area contributed by atoms with Crippen LogP contribution >= 0.6 is 11.8 Å². The first kappa shape index (κ1) is 24.8. The van der Waals surface area contributed by atoms with Gasteiger partial charge in [0.15, 0.2) is 28.6 Å². The van der Waals surface area contributed by atoms with E-state index in [1.54, 1.807) is 7.11 Å². The van der Waals surface area contributed by atoms with Crippen LogP contribution in [-0.4, -0.2) is 45.6 Å². The molecule has 11 nitrogen and oxygen atoms in total. The molecule has 1 heterocycles. The van der Waals surface area contributed by atoms with Crippen LogP contribution in [0.1, 0.15) is 25.8 Å². The topological polar surface area (TPSA) is 131 Å². The maximum Gasteiger partial charge on any atom is 0.271 e. The van der Waals surface area contributed by atoms with Crippen molar-refractivity contribution in [3.8, 4) is 17.2 Å². The molecule has 1 amide bonds. The summed E-state index contributed by atoms with van der Waals surface area (Å²) in [6.07, 6.45) is -0.416. The Hall–Kier alpha value is -3.80. The van der Waals surface area contributed by atoms with Gasteiger partial charge >= 0.3 is 0 Å². The molecule has 0 aliphatic carbocycles. The van der Waals surface area contributed by atoms with E-state index in [1.165, 1.54) is 37.1 Å². The zero-order valence-electron chi connectivity index (χ0n) is 19.2. The highest BCUT2D eigenvalue weighted by molar-refractivity contribution is 7.99. The van der Waals surface area contributed by atoms with Gasteiger partial charge < -0.3 is 24.1 Å². The molecule has 1 aromatic heterocycles. The van der Waals surface area contributed by atoms with E-state index in [1.807, 2.05) is 42.7 Å². The molecule has 3 aromatic rings. The Morgan fingerprint density at radius 3 is 2.50 bits per heavy atom. The average Bonchev–Trinajstić information content (AvgIpc) is 3.26. The van der Waals surface area contributed by atoms with Gasteiger partial charge in [-0.15, -0.1) is 10.2 Å². The zero-order valence-corrected chi connectivity index (χ0v) is 20.0. The second-order valence-corrected chi connectivity index (χ2v) is 7.92. The number of hydrogen-bond donors (Lipinski definition) is 1. The lowest BCUT2D eigenvalue weighted by atomic mass is 10.2. The number of nitro groups is 1. The molecule has 2 aromatic carbocycles. The van der Waals surface area contributed by atoms with E-state index in [4.69, 9.17) is 14.2 Å². The van der Waals surface area contributed by atoms with E-state index < -0.39 is 11.0 Å². The van der Waals surface area contributed by atoms with E-state index in [0.717, 1.165) is 0 Å². The van der Waals surface area contributed by atoms with Crippen molar-refractivity contribution in [3.63, 3.8) is 0 Å². The third kappa shape index (κ3) is 5.76. The summed E-state index contributed by atoms with van der Waals surface area (Å²) in [7, 11) is 3.00. The maximum atomic E-state index is 12.5. The monoisotopic (exact) mass is 487 g/mol. The summed E-state index contributed by atoms with van der Waals surface area (Å²) >= 11 is 1.20. The van der Waals surface area contributed by atoms with Crippen molar-refractivity contribution in [3.05, 3.63) is 58.4 Å². The van der Waals surface area contributed by atoms with Gasteiger partial charge in [0.2, 0.25) is 5.91 Å². The smallest absolute Gasteiger partial charge is 0.271 e. The quantitative estimate of drug-likeness (QED) is 0.241. The molecule has 34 heavy (non-hydrogen) atoms. The Kier molecular flexibility index (Phi) is 8.30. The summed E-state index contributed by atoms with van der Waals surface area (Å²) in [5.74, 6) is 1.78. The number of rotatable bonds is 11. The van der Waals surface area contributed by atoms with E-state index in [-0.39, 0.29) is 23.0 Å². The minimum atomic E-state index is -0.538. The number of non-ortho nitro benzene ring substituents is 1. The maximum absolute atomic E-state index is 12.5. The molecular formula is C22H25N5O6S. The fraction of sp³-hybridized carbons (Fsp3) is 0.318. The number of ether oxygens (including phenoxy) is 3. The van der Waals surface area contributed by atoms with Crippen molar-refractivity contribution >= 4 is 29.0 Å². The molecule has 0 fully saturated rings. The minimum absolute atomic E-state index is 0.0196. The fourth-order valence-electron chi connectivity index (χ4n) is 3.19. The van der Waals surface area contributed by atoms with E-state index in [9.17, 15) is 14.9 Å². The number of nitrogens with zero attached hydrogens (tertiary/aromatic N) is 4. The number of carbonyl (C=O) groups is 1. The second-order valence-electron chi connectivity index (χ2n) is 6.97.